The van der Waals surface area contributed by atoms with Crippen LogP contribution in [-0.2, 0) is 6.54 Å². The lowest BCUT2D eigenvalue weighted by Crippen LogP contribution is -2.51. The van der Waals surface area contributed by atoms with Crippen LogP contribution in [0.3, 0.4) is 0 Å². The van der Waals surface area contributed by atoms with Crippen molar-refractivity contribution in [2.75, 3.05) is 31.1 Å². The third-order valence-corrected chi connectivity index (χ3v) is 5.42. The molecule has 0 amide bonds. The second-order valence-corrected chi connectivity index (χ2v) is 6.97. The third kappa shape index (κ3) is 3.44. The van der Waals surface area contributed by atoms with Gasteiger partial charge >= 0.3 is 0 Å². The van der Waals surface area contributed by atoms with E-state index in [1.165, 1.54) is 16.3 Å². The first-order valence-corrected chi connectivity index (χ1v) is 9.35. The van der Waals surface area contributed by atoms with Crippen molar-refractivity contribution in [1.82, 2.24) is 9.88 Å². The van der Waals surface area contributed by atoms with Crippen molar-refractivity contribution in [1.29, 1.82) is 0 Å². The van der Waals surface area contributed by atoms with Crippen LogP contribution in [-0.4, -0.2) is 42.0 Å². The third-order valence-electron chi connectivity index (χ3n) is 4.58. The molecule has 5 nitrogen and oxygen atoms in total. The Bertz CT molecular complexity index is 861. The highest BCUT2D eigenvalue weighted by atomic mass is 32.1. The first-order valence-electron chi connectivity index (χ1n) is 8.47. The summed E-state index contributed by atoms with van der Waals surface area (Å²) in [7, 11) is 0. The average molecular weight is 351 g/mol. The zero-order valence-electron chi connectivity index (χ0n) is 14.0. The molecule has 4 rings (SSSR count). The summed E-state index contributed by atoms with van der Waals surface area (Å²) in [5, 5.41) is 5.59. The summed E-state index contributed by atoms with van der Waals surface area (Å²) in [6.45, 7) is 4.23. The van der Waals surface area contributed by atoms with E-state index in [1.807, 2.05) is 11.6 Å². The first kappa shape index (κ1) is 15.9. The van der Waals surface area contributed by atoms with Gasteiger partial charge in [-0.1, -0.05) is 42.5 Å². The van der Waals surface area contributed by atoms with Crippen LogP contribution in [0.2, 0.25) is 0 Å². The summed E-state index contributed by atoms with van der Waals surface area (Å²) in [4.78, 5) is 13.5. The van der Waals surface area contributed by atoms with Gasteiger partial charge in [0.15, 0.2) is 11.1 Å². The Labute approximate surface area is 151 Å². The largest absolute Gasteiger partial charge is 0.370 e. The summed E-state index contributed by atoms with van der Waals surface area (Å²) >= 11 is 1.68. The standard InChI is InChI=1S/C19H21N5S/c20-18(23-9-11-24(12-10-23)19-21-8-13-25-19)22-14-16-6-3-5-15-4-1-2-7-17(15)16/h1-8,13H,9-12,14H2,(H2,20,22). The van der Waals surface area contributed by atoms with Crippen molar-refractivity contribution in [2.45, 2.75) is 6.54 Å². The quantitative estimate of drug-likeness (QED) is 0.582. The minimum atomic E-state index is 0.611. The second kappa shape index (κ2) is 7.11. The Morgan fingerprint density at radius 2 is 1.88 bits per heavy atom. The number of aliphatic imine (C=N–C) groups is 1. The lowest BCUT2D eigenvalue weighted by Gasteiger charge is -2.35. The van der Waals surface area contributed by atoms with Crippen LogP contribution in [0.4, 0.5) is 5.13 Å². The fraction of sp³-hybridized carbons (Fsp3) is 0.263. The highest BCUT2D eigenvalue weighted by Gasteiger charge is 2.19. The van der Waals surface area contributed by atoms with Gasteiger partial charge in [0.2, 0.25) is 0 Å². The van der Waals surface area contributed by atoms with Crippen molar-refractivity contribution < 1.29 is 0 Å². The van der Waals surface area contributed by atoms with Gasteiger partial charge in [-0.3, -0.25) is 0 Å². The molecular formula is C19H21N5S. The molecule has 0 radical (unpaired) electrons. The minimum absolute atomic E-state index is 0.611. The summed E-state index contributed by atoms with van der Waals surface area (Å²) in [6, 6.07) is 14.7. The van der Waals surface area contributed by atoms with Gasteiger partial charge in [-0.05, 0) is 16.3 Å². The molecule has 1 aliphatic heterocycles. The van der Waals surface area contributed by atoms with E-state index in [1.54, 1.807) is 11.3 Å². The van der Waals surface area contributed by atoms with Gasteiger partial charge in [0, 0.05) is 37.8 Å². The predicted octanol–water partition coefficient (Wildman–Crippen LogP) is 2.93. The number of benzene rings is 2. The van der Waals surface area contributed by atoms with Crippen LogP contribution < -0.4 is 10.6 Å². The maximum atomic E-state index is 6.25. The molecule has 1 saturated heterocycles. The van der Waals surface area contributed by atoms with Crippen molar-refractivity contribution >= 4 is 33.2 Å². The van der Waals surface area contributed by atoms with Crippen LogP contribution in [0.1, 0.15) is 5.56 Å². The molecule has 2 N–H and O–H groups in total. The zero-order chi connectivity index (χ0) is 17.1. The number of piperazine rings is 1. The van der Waals surface area contributed by atoms with E-state index in [0.717, 1.165) is 31.3 Å². The summed E-state index contributed by atoms with van der Waals surface area (Å²) in [5.74, 6) is 0.631. The van der Waals surface area contributed by atoms with Crippen LogP contribution in [0.15, 0.2) is 59.0 Å². The van der Waals surface area contributed by atoms with E-state index >= 15 is 0 Å². The smallest absolute Gasteiger partial charge is 0.191 e. The molecule has 2 aromatic carbocycles. The molecule has 0 aliphatic carbocycles. The molecule has 0 bridgehead atoms. The first-order chi connectivity index (χ1) is 12.3. The SMILES string of the molecule is NC(=NCc1cccc2ccccc12)N1CCN(c2nccs2)CC1. The minimum Gasteiger partial charge on any atom is -0.370 e. The molecule has 1 aliphatic rings. The number of hydrogen-bond acceptors (Lipinski definition) is 4. The number of guanidine groups is 1. The molecule has 128 valence electrons. The van der Waals surface area contributed by atoms with Gasteiger partial charge in [0.25, 0.3) is 0 Å². The highest BCUT2D eigenvalue weighted by molar-refractivity contribution is 7.13. The van der Waals surface area contributed by atoms with Crippen molar-refractivity contribution in [2.24, 2.45) is 10.7 Å². The molecule has 6 heteroatoms. The number of thiazole rings is 1. The Balaban J connectivity index is 1.42. The number of nitrogens with zero attached hydrogens (tertiary/aromatic N) is 4. The van der Waals surface area contributed by atoms with Crippen molar-refractivity contribution in [3.05, 3.63) is 59.6 Å². The molecular weight excluding hydrogens is 330 g/mol. The topological polar surface area (TPSA) is 57.8 Å². The summed E-state index contributed by atoms with van der Waals surface area (Å²) in [5.41, 5.74) is 7.46. The van der Waals surface area contributed by atoms with Crippen LogP contribution >= 0.6 is 11.3 Å². The molecule has 3 aromatic rings. The lowest BCUT2D eigenvalue weighted by atomic mass is 10.1. The molecule has 0 saturated carbocycles. The number of anilines is 1. The fourth-order valence-electron chi connectivity index (χ4n) is 3.20. The molecule has 2 heterocycles. The van der Waals surface area contributed by atoms with E-state index in [0.29, 0.717) is 12.5 Å². The molecule has 0 atom stereocenters. The van der Waals surface area contributed by atoms with Crippen LogP contribution in [0.25, 0.3) is 10.8 Å². The Kier molecular flexibility index (Phi) is 4.52. The van der Waals surface area contributed by atoms with Gasteiger partial charge in [-0.2, -0.15) is 0 Å². The van der Waals surface area contributed by atoms with Gasteiger partial charge in [0.05, 0.1) is 6.54 Å². The second-order valence-electron chi connectivity index (χ2n) is 6.10. The zero-order valence-corrected chi connectivity index (χ0v) is 14.8. The van der Waals surface area contributed by atoms with Crippen LogP contribution in [0.5, 0.6) is 0 Å². The monoisotopic (exact) mass is 351 g/mol. The fourth-order valence-corrected chi connectivity index (χ4v) is 3.89. The van der Waals surface area contributed by atoms with Gasteiger partial charge in [-0.15, -0.1) is 11.3 Å². The van der Waals surface area contributed by atoms with Gasteiger partial charge < -0.3 is 15.5 Å². The number of hydrogen-bond donors (Lipinski definition) is 1. The van der Waals surface area contributed by atoms with Crippen molar-refractivity contribution in [3.63, 3.8) is 0 Å². The lowest BCUT2D eigenvalue weighted by molar-refractivity contribution is 0.380. The van der Waals surface area contributed by atoms with E-state index in [4.69, 9.17) is 5.73 Å². The molecule has 0 spiro atoms. The average Bonchev–Trinajstić information content (AvgIpc) is 3.21. The number of rotatable bonds is 3. The molecule has 25 heavy (non-hydrogen) atoms. The Morgan fingerprint density at radius 1 is 1.08 bits per heavy atom. The van der Waals surface area contributed by atoms with E-state index < -0.39 is 0 Å². The predicted molar refractivity (Wildman–Crippen MR) is 105 cm³/mol. The Morgan fingerprint density at radius 3 is 2.68 bits per heavy atom. The van der Waals surface area contributed by atoms with Crippen LogP contribution in [0, 0.1) is 0 Å². The maximum Gasteiger partial charge on any atom is 0.191 e. The molecule has 1 fully saturated rings. The number of nitrogens with two attached hydrogens (primary N) is 1. The number of aromatic nitrogens is 1. The van der Waals surface area contributed by atoms with Crippen molar-refractivity contribution in [3.8, 4) is 0 Å². The molecule has 0 unspecified atom stereocenters. The normalized spacial score (nSPS) is 15.8. The van der Waals surface area contributed by atoms with E-state index in [9.17, 15) is 0 Å². The highest BCUT2D eigenvalue weighted by Crippen LogP contribution is 2.20. The summed E-state index contributed by atoms with van der Waals surface area (Å²) in [6.07, 6.45) is 1.85. The molecule has 1 aromatic heterocycles. The number of fused-ring (bicyclic) bond motifs is 1. The van der Waals surface area contributed by atoms with Gasteiger partial charge in [-0.25, -0.2) is 9.98 Å². The van der Waals surface area contributed by atoms with E-state index in [2.05, 4.69) is 62.2 Å². The Hall–Kier alpha value is -2.60. The maximum absolute atomic E-state index is 6.25. The van der Waals surface area contributed by atoms with E-state index in [-0.39, 0.29) is 0 Å². The summed E-state index contributed by atoms with van der Waals surface area (Å²) < 4.78 is 0. The van der Waals surface area contributed by atoms with Gasteiger partial charge in [0.1, 0.15) is 0 Å².